The Morgan fingerprint density at radius 3 is 2.69 bits per heavy atom. The third kappa shape index (κ3) is 3.42. The molecule has 0 unspecified atom stereocenters. The summed E-state index contributed by atoms with van der Waals surface area (Å²) >= 11 is 0. The Hall–Kier alpha value is -3.41. The maximum Gasteiger partial charge on any atom is 0.322 e. The Bertz CT molecular complexity index is 1030. The van der Waals surface area contributed by atoms with Crippen LogP contribution < -0.4 is 14.8 Å². The Morgan fingerprint density at radius 2 is 1.93 bits per heavy atom. The molecule has 2 aromatic carbocycles. The lowest BCUT2D eigenvalue weighted by molar-refractivity contribution is 0.181. The first-order valence-electron chi connectivity index (χ1n) is 9.71. The Balaban J connectivity index is 1.72. The zero-order valence-corrected chi connectivity index (χ0v) is 16.9. The lowest BCUT2D eigenvalue weighted by Gasteiger charge is -2.30. The summed E-state index contributed by atoms with van der Waals surface area (Å²) in [4.78, 5) is 15.3. The van der Waals surface area contributed by atoms with Crippen molar-refractivity contribution in [3.8, 4) is 17.2 Å². The van der Waals surface area contributed by atoms with E-state index >= 15 is 0 Å². The number of hydrogen-bond acceptors (Lipinski definition) is 3. The van der Waals surface area contributed by atoms with Crippen molar-refractivity contribution in [1.82, 2.24) is 9.47 Å². The van der Waals surface area contributed by atoms with Gasteiger partial charge in [0.05, 0.1) is 38.2 Å². The highest BCUT2D eigenvalue weighted by Gasteiger charge is 2.30. The largest absolute Gasteiger partial charge is 0.497 e. The second-order valence-electron chi connectivity index (χ2n) is 6.98. The van der Waals surface area contributed by atoms with Gasteiger partial charge < -0.3 is 24.3 Å². The third-order valence-corrected chi connectivity index (χ3v) is 5.39. The van der Waals surface area contributed by atoms with Crippen molar-refractivity contribution in [2.45, 2.75) is 25.9 Å². The van der Waals surface area contributed by atoms with Crippen molar-refractivity contribution in [2.75, 3.05) is 19.5 Å². The van der Waals surface area contributed by atoms with Crippen LogP contribution in [-0.2, 0) is 6.54 Å². The van der Waals surface area contributed by atoms with E-state index in [1.807, 2.05) is 23.1 Å². The molecule has 0 fully saturated rings. The second kappa shape index (κ2) is 7.91. The van der Waals surface area contributed by atoms with Gasteiger partial charge in [0, 0.05) is 18.0 Å². The van der Waals surface area contributed by atoms with Crippen molar-refractivity contribution in [1.29, 1.82) is 0 Å². The van der Waals surface area contributed by atoms with Crippen LogP contribution in [0.3, 0.4) is 0 Å². The van der Waals surface area contributed by atoms with Crippen LogP contribution in [0, 0.1) is 0 Å². The van der Waals surface area contributed by atoms with E-state index in [9.17, 15) is 4.79 Å². The summed E-state index contributed by atoms with van der Waals surface area (Å²) in [5.41, 5.74) is 3.90. The first-order chi connectivity index (χ1) is 14.2. The van der Waals surface area contributed by atoms with E-state index in [4.69, 9.17) is 9.47 Å². The van der Waals surface area contributed by atoms with Gasteiger partial charge in [0.1, 0.15) is 11.5 Å². The minimum Gasteiger partial charge on any atom is -0.497 e. The Kier molecular flexibility index (Phi) is 5.16. The number of methoxy groups -OCH3 is 2. The number of carbonyl (C=O) groups excluding carboxylic acids is 1. The average Bonchev–Trinajstić information content (AvgIpc) is 3.18. The normalized spacial score (nSPS) is 15.1. The van der Waals surface area contributed by atoms with Crippen LogP contribution in [0.1, 0.15) is 30.6 Å². The minimum absolute atomic E-state index is 0.0472. The number of rotatable bonds is 4. The molecule has 2 amide bonds. The van der Waals surface area contributed by atoms with Gasteiger partial charge in [-0.05, 0) is 42.3 Å². The van der Waals surface area contributed by atoms with Gasteiger partial charge in [0.25, 0.3) is 0 Å². The first kappa shape index (κ1) is 18.9. The fourth-order valence-corrected chi connectivity index (χ4v) is 3.96. The van der Waals surface area contributed by atoms with Gasteiger partial charge >= 0.3 is 6.03 Å². The minimum atomic E-state index is -0.173. The van der Waals surface area contributed by atoms with E-state index in [0.717, 1.165) is 23.4 Å². The first-order valence-corrected chi connectivity index (χ1v) is 9.71. The zero-order valence-electron chi connectivity index (χ0n) is 16.9. The molecule has 150 valence electrons. The predicted octanol–water partition coefficient (Wildman–Crippen LogP) is 4.99. The number of hydrogen-bond donors (Lipinski definition) is 1. The van der Waals surface area contributed by atoms with E-state index in [-0.39, 0.29) is 12.1 Å². The van der Waals surface area contributed by atoms with Crippen LogP contribution in [0.25, 0.3) is 5.69 Å². The molecule has 3 aromatic rings. The maximum absolute atomic E-state index is 13.4. The quantitative estimate of drug-likeness (QED) is 0.681. The molecule has 6 heteroatoms. The summed E-state index contributed by atoms with van der Waals surface area (Å²) in [7, 11) is 3.18. The highest BCUT2D eigenvalue weighted by atomic mass is 16.5. The Labute approximate surface area is 170 Å². The number of fused-ring (bicyclic) bond motifs is 3. The second-order valence-corrected chi connectivity index (χ2v) is 6.98. The SMILES string of the molecule is CC[C@H]1c2cccn2-c2ccccc2CN1C(=O)Nc1cc(OC)ccc1OC. The van der Waals surface area contributed by atoms with E-state index < -0.39 is 0 Å². The van der Waals surface area contributed by atoms with Crippen molar-refractivity contribution >= 4 is 11.7 Å². The highest BCUT2D eigenvalue weighted by molar-refractivity contribution is 5.91. The number of benzene rings is 2. The van der Waals surface area contributed by atoms with Crippen LogP contribution in [0.15, 0.2) is 60.8 Å². The standard InChI is InChI=1S/C23H25N3O3/c1-4-19-21-10-7-13-25(21)20-9-6-5-8-16(20)15-26(19)23(27)24-18-14-17(28-2)11-12-22(18)29-3/h5-14,19H,4,15H2,1-3H3,(H,24,27)/t19-/m0/s1. The number of carbonyl (C=O) groups is 1. The number of urea groups is 1. The van der Waals surface area contributed by atoms with Gasteiger partial charge in [0.2, 0.25) is 0 Å². The number of nitrogens with one attached hydrogen (secondary N) is 1. The molecule has 0 spiro atoms. The molecule has 0 saturated carbocycles. The molecule has 1 N–H and O–H groups in total. The summed E-state index contributed by atoms with van der Waals surface area (Å²) in [5, 5.41) is 3.02. The van der Waals surface area contributed by atoms with Crippen molar-refractivity contribution in [2.24, 2.45) is 0 Å². The monoisotopic (exact) mass is 391 g/mol. The molecule has 4 rings (SSSR count). The molecule has 6 nitrogen and oxygen atoms in total. The number of amides is 2. The van der Waals surface area contributed by atoms with E-state index in [2.05, 4.69) is 41.2 Å². The molecule has 1 aliphatic heterocycles. The smallest absolute Gasteiger partial charge is 0.322 e. The van der Waals surface area contributed by atoms with Crippen LogP contribution in [-0.4, -0.2) is 29.7 Å². The lowest BCUT2D eigenvalue weighted by atomic mass is 10.1. The van der Waals surface area contributed by atoms with Gasteiger partial charge in [-0.2, -0.15) is 0 Å². The van der Waals surface area contributed by atoms with Crippen LogP contribution in [0.4, 0.5) is 10.5 Å². The van der Waals surface area contributed by atoms with E-state index in [0.29, 0.717) is 23.7 Å². The van der Waals surface area contributed by atoms with Gasteiger partial charge in [-0.3, -0.25) is 0 Å². The fraction of sp³-hybridized carbons (Fsp3) is 0.261. The number of anilines is 1. The number of ether oxygens (including phenoxy) is 2. The van der Waals surface area contributed by atoms with Crippen LogP contribution >= 0.6 is 0 Å². The molecule has 1 aliphatic rings. The molecule has 0 radical (unpaired) electrons. The van der Waals surface area contributed by atoms with Gasteiger partial charge in [-0.1, -0.05) is 25.1 Å². The molecular weight excluding hydrogens is 366 g/mol. The number of nitrogens with zero attached hydrogens (tertiary/aromatic N) is 2. The van der Waals surface area contributed by atoms with Crippen LogP contribution in [0.5, 0.6) is 11.5 Å². The number of aromatic nitrogens is 1. The molecule has 0 saturated heterocycles. The molecule has 29 heavy (non-hydrogen) atoms. The van der Waals surface area contributed by atoms with Crippen molar-refractivity contribution < 1.29 is 14.3 Å². The van der Waals surface area contributed by atoms with Gasteiger partial charge in [0.15, 0.2) is 0 Å². The lowest BCUT2D eigenvalue weighted by Crippen LogP contribution is -2.37. The third-order valence-electron chi connectivity index (χ3n) is 5.39. The van der Waals surface area contributed by atoms with Crippen molar-refractivity contribution in [3.05, 3.63) is 72.1 Å². The summed E-state index contributed by atoms with van der Waals surface area (Å²) in [6.07, 6.45) is 2.87. The zero-order chi connectivity index (χ0) is 20.4. The van der Waals surface area contributed by atoms with E-state index in [1.165, 1.54) is 0 Å². The summed E-state index contributed by atoms with van der Waals surface area (Å²) in [6, 6.07) is 17.5. The van der Waals surface area contributed by atoms with Gasteiger partial charge in [-0.15, -0.1) is 0 Å². The van der Waals surface area contributed by atoms with Gasteiger partial charge in [-0.25, -0.2) is 4.79 Å². The topological polar surface area (TPSA) is 55.7 Å². The Morgan fingerprint density at radius 1 is 1.10 bits per heavy atom. The fourth-order valence-electron chi connectivity index (χ4n) is 3.96. The molecular formula is C23H25N3O3. The van der Waals surface area contributed by atoms with Crippen LogP contribution in [0.2, 0.25) is 0 Å². The number of para-hydroxylation sites is 1. The summed E-state index contributed by atoms with van der Waals surface area (Å²) < 4.78 is 12.9. The molecule has 1 aromatic heterocycles. The molecule has 0 bridgehead atoms. The highest BCUT2D eigenvalue weighted by Crippen LogP contribution is 2.35. The molecule has 1 atom stereocenters. The molecule has 2 heterocycles. The predicted molar refractivity (Wildman–Crippen MR) is 113 cm³/mol. The maximum atomic E-state index is 13.4. The molecule has 0 aliphatic carbocycles. The summed E-state index contributed by atoms with van der Waals surface area (Å²) in [5.74, 6) is 1.24. The van der Waals surface area contributed by atoms with E-state index in [1.54, 1.807) is 32.4 Å². The summed E-state index contributed by atoms with van der Waals surface area (Å²) in [6.45, 7) is 2.62. The van der Waals surface area contributed by atoms with Crippen molar-refractivity contribution in [3.63, 3.8) is 0 Å². The average molecular weight is 391 g/mol.